The number of hydrogen-bond acceptors (Lipinski definition) is 6. The van der Waals surface area contributed by atoms with Gasteiger partial charge in [-0.15, -0.1) is 6.42 Å². The second kappa shape index (κ2) is 19.9. The second-order valence-electron chi connectivity index (χ2n) is 6.48. The Morgan fingerprint density at radius 3 is 2.03 bits per heavy atom. The molecular weight excluding hydrogens is 580 g/mol. The van der Waals surface area contributed by atoms with Crippen LogP contribution in [0.3, 0.4) is 0 Å². The Morgan fingerprint density at radius 2 is 1.50 bits per heavy atom. The normalized spacial score (nSPS) is 10.8. The first-order chi connectivity index (χ1) is 15.1. The van der Waals surface area contributed by atoms with Crippen LogP contribution in [0.25, 0.3) is 0 Å². The zero-order valence-electron chi connectivity index (χ0n) is 18.6. The van der Waals surface area contributed by atoms with E-state index in [-0.39, 0.29) is 41.1 Å². The first kappa shape index (κ1) is 30.3. The molecule has 2 rings (SSSR count). The summed E-state index contributed by atoms with van der Waals surface area (Å²) in [5, 5.41) is 17.4. The third kappa shape index (κ3) is 15.2. The van der Waals surface area contributed by atoms with Gasteiger partial charge in [-0.2, -0.15) is 0 Å². The molecule has 0 aliphatic carbocycles. The molecule has 0 saturated carbocycles. The Labute approximate surface area is 206 Å². The molecule has 32 heavy (non-hydrogen) atoms. The van der Waals surface area contributed by atoms with Gasteiger partial charge in [0.05, 0.1) is 33.0 Å². The molecule has 7 heteroatoms. The minimum Gasteiger partial charge on any atom is -0.494 e. The van der Waals surface area contributed by atoms with Crippen LogP contribution in [-0.4, -0.2) is 62.8 Å². The van der Waals surface area contributed by atoms with Crippen molar-refractivity contribution in [1.29, 1.82) is 0 Å². The van der Waals surface area contributed by atoms with Crippen LogP contribution in [0.1, 0.15) is 23.6 Å². The van der Waals surface area contributed by atoms with Crippen LogP contribution in [0.2, 0.25) is 0 Å². The third-order valence-corrected chi connectivity index (χ3v) is 3.87. The molecule has 0 aromatic heterocycles. The standard InChI is InChI=1S/C18H17O2.C7H16O4.W/c1-3-15-4-6-16(7-5-15)12-17-8-10-18(11-9-17)20-13-14(2)19;1-2-9-5-6-11-7-10-4-3-8;/h1,4-11,14,19H,2,12-13H2;8H,2-7H2,1H3;/q-1;;. The van der Waals surface area contributed by atoms with E-state index < -0.39 is 6.10 Å². The summed E-state index contributed by atoms with van der Waals surface area (Å²) < 4.78 is 20.2. The molecule has 6 nitrogen and oxygen atoms in total. The van der Waals surface area contributed by atoms with Crippen molar-refractivity contribution in [1.82, 2.24) is 0 Å². The molecule has 176 valence electrons. The molecule has 0 saturated heterocycles. The summed E-state index contributed by atoms with van der Waals surface area (Å²) in [7, 11) is 0. The first-order valence-electron chi connectivity index (χ1n) is 10.2. The Hall–Kier alpha value is -1.71. The van der Waals surface area contributed by atoms with Crippen LogP contribution < -0.4 is 4.74 Å². The van der Waals surface area contributed by atoms with Crippen molar-refractivity contribution in [3.63, 3.8) is 0 Å². The van der Waals surface area contributed by atoms with Crippen molar-refractivity contribution in [3.05, 3.63) is 72.1 Å². The van der Waals surface area contributed by atoms with Gasteiger partial charge in [0.15, 0.2) is 0 Å². The van der Waals surface area contributed by atoms with Gasteiger partial charge in [0.2, 0.25) is 0 Å². The van der Waals surface area contributed by atoms with E-state index in [1.54, 1.807) is 0 Å². The molecule has 0 fully saturated rings. The van der Waals surface area contributed by atoms with Crippen molar-refractivity contribution >= 4 is 0 Å². The molecule has 1 atom stereocenters. The number of aliphatic hydroxyl groups is 2. The SMILES string of the molecule is C#Cc1ccc(Cc2ccc(OCC([CH2-])O)cc2)cc1.CCOCCOCOCCO.[W]. The van der Waals surface area contributed by atoms with Gasteiger partial charge in [-0.3, -0.25) is 0 Å². The monoisotopic (exact) mass is 613 g/mol. The molecule has 2 N–H and O–H groups in total. The van der Waals surface area contributed by atoms with Crippen molar-refractivity contribution in [2.75, 3.05) is 46.4 Å². The van der Waals surface area contributed by atoms with E-state index in [0.29, 0.717) is 26.4 Å². The Morgan fingerprint density at radius 1 is 0.938 bits per heavy atom. The predicted octanol–water partition coefficient (Wildman–Crippen LogP) is 2.84. The average molecular weight is 613 g/mol. The molecule has 1 unspecified atom stereocenters. The molecular formula is C25H33O6W-. The van der Waals surface area contributed by atoms with E-state index >= 15 is 0 Å². The number of aliphatic hydroxyl groups excluding tert-OH is 2. The molecule has 0 radical (unpaired) electrons. The van der Waals surface area contributed by atoms with E-state index in [2.05, 4.69) is 12.8 Å². The van der Waals surface area contributed by atoms with Crippen molar-refractivity contribution in [2.45, 2.75) is 19.4 Å². The molecule has 0 heterocycles. The van der Waals surface area contributed by atoms with Crippen LogP contribution >= 0.6 is 0 Å². The fourth-order valence-corrected chi connectivity index (χ4v) is 2.35. The summed E-state index contributed by atoms with van der Waals surface area (Å²) in [6, 6.07) is 15.8. The Bertz CT molecular complexity index is 718. The molecule has 0 amide bonds. The van der Waals surface area contributed by atoms with Crippen LogP contribution in [0.15, 0.2) is 48.5 Å². The van der Waals surface area contributed by atoms with E-state index in [4.69, 9.17) is 35.6 Å². The molecule has 2 aromatic rings. The quantitative estimate of drug-likeness (QED) is 0.157. The smallest absolute Gasteiger partial charge is 0.146 e. The number of hydrogen-bond donors (Lipinski definition) is 2. The fourth-order valence-electron chi connectivity index (χ4n) is 2.35. The zero-order valence-corrected chi connectivity index (χ0v) is 21.5. The summed E-state index contributed by atoms with van der Waals surface area (Å²) >= 11 is 0. The molecule has 2 aromatic carbocycles. The average Bonchev–Trinajstić information content (AvgIpc) is 2.79. The largest absolute Gasteiger partial charge is 0.494 e. The maximum Gasteiger partial charge on any atom is 0.146 e. The van der Waals surface area contributed by atoms with Crippen LogP contribution in [0.4, 0.5) is 0 Å². The molecule has 0 bridgehead atoms. The Kier molecular flexibility index (Phi) is 18.9. The maximum absolute atomic E-state index is 9.06. The fraction of sp³-hybridized carbons (Fsp3) is 0.400. The van der Waals surface area contributed by atoms with Crippen molar-refractivity contribution in [3.8, 4) is 18.1 Å². The summed E-state index contributed by atoms with van der Waals surface area (Å²) in [4.78, 5) is 0. The zero-order chi connectivity index (χ0) is 22.7. The van der Waals surface area contributed by atoms with Gasteiger partial charge in [0, 0.05) is 33.2 Å². The second-order valence-corrected chi connectivity index (χ2v) is 6.48. The first-order valence-corrected chi connectivity index (χ1v) is 10.2. The van der Waals surface area contributed by atoms with Crippen molar-refractivity contribution < 1.29 is 50.2 Å². The summed E-state index contributed by atoms with van der Waals surface area (Å²) in [6.07, 6.45) is 5.48. The summed E-state index contributed by atoms with van der Waals surface area (Å²) in [5.41, 5.74) is 3.30. The van der Waals surface area contributed by atoms with Gasteiger partial charge in [-0.1, -0.05) is 30.2 Å². The van der Waals surface area contributed by atoms with Gasteiger partial charge in [0.25, 0.3) is 0 Å². The Balaban J connectivity index is 0.000000690. The van der Waals surface area contributed by atoms with Crippen LogP contribution in [0.5, 0.6) is 5.75 Å². The number of rotatable bonds is 13. The number of ether oxygens (including phenoxy) is 4. The van der Waals surface area contributed by atoms with E-state index in [0.717, 1.165) is 17.7 Å². The topological polar surface area (TPSA) is 77.4 Å². The van der Waals surface area contributed by atoms with Gasteiger partial charge in [-0.25, -0.2) is 0 Å². The number of benzene rings is 2. The third-order valence-electron chi connectivity index (χ3n) is 3.87. The van der Waals surface area contributed by atoms with E-state index in [9.17, 15) is 0 Å². The predicted molar refractivity (Wildman–Crippen MR) is 121 cm³/mol. The van der Waals surface area contributed by atoms with E-state index in [1.807, 2.05) is 55.5 Å². The summed E-state index contributed by atoms with van der Waals surface area (Å²) in [6.45, 7) is 8.03. The van der Waals surface area contributed by atoms with Gasteiger partial charge < -0.3 is 36.1 Å². The van der Waals surface area contributed by atoms with Gasteiger partial charge in [-0.05, 0) is 54.8 Å². The van der Waals surface area contributed by atoms with Crippen LogP contribution in [0, 0.1) is 19.3 Å². The van der Waals surface area contributed by atoms with Gasteiger partial charge >= 0.3 is 0 Å². The molecule has 0 spiro atoms. The maximum atomic E-state index is 9.06. The van der Waals surface area contributed by atoms with E-state index in [1.165, 1.54) is 11.1 Å². The molecule has 0 aliphatic heterocycles. The minimum absolute atomic E-state index is 0. The van der Waals surface area contributed by atoms with Crippen molar-refractivity contribution in [2.24, 2.45) is 0 Å². The minimum atomic E-state index is -0.704. The van der Waals surface area contributed by atoms with Gasteiger partial charge in [0.1, 0.15) is 12.5 Å². The van der Waals surface area contributed by atoms with Crippen LogP contribution in [-0.2, 0) is 41.7 Å². The summed E-state index contributed by atoms with van der Waals surface area (Å²) in [5.74, 6) is 3.34. The number of terminal acetylenes is 1. The molecule has 0 aliphatic rings.